The molecule has 1 N–H and O–H groups in total. The maximum Gasteiger partial charge on any atom is 0.326 e. The minimum atomic E-state index is -2.97. The molecular formula is C31H30F2N6O5. The van der Waals surface area contributed by atoms with Gasteiger partial charge in [0.1, 0.15) is 23.2 Å². The number of para-hydroxylation sites is 3. The van der Waals surface area contributed by atoms with Crippen LogP contribution in [0.2, 0.25) is 0 Å². The number of halogens is 2. The van der Waals surface area contributed by atoms with Gasteiger partial charge >= 0.3 is 5.97 Å². The number of carboxylic acid groups (broad SMARTS) is 1. The van der Waals surface area contributed by atoms with E-state index in [0.29, 0.717) is 36.5 Å². The van der Waals surface area contributed by atoms with Crippen molar-refractivity contribution in [2.24, 2.45) is 5.92 Å². The molecule has 11 nitrogen and oxygen atoms in total. The van der Waals surface area contributed by atoms with Gasteiger partial charge in [-0.15, -0.1) is 0 Å². The van der Waals surface area contributed by atoms with E-state index in [-0.39, 0.29) is 47.8 Å². The molecule has 0 radical (unpaired) electrons. The molecule has 5 aromatic rings. The van der Waals surface area contributed by atoms with Crippen molar-refractivity contribution >= 4 is 50.8 Å². The number of amides is 1. The summed E-state index contributed by atoms with van der Waals surface area (Å²) in [6.45, 7) is 4.90. The summed E-state index contributed by atoms with van der Waals surface area (Å²) in [6.07, 6.45) is -2.86. The number of anilines is 1. The summed E-state index contributed by atoms with van der Waals surface area (Å²) < 4.78 is 42.5. The van der Waals surface area contributed by atoms with Crippen LogP contribution in [0.1, 0.15) is 45.0 Å². The Kier molecular flexibility index (Phi) is 6.82. The molecule has 2 aliphatic heterocycles. The maximum absolute atomic E-state index is 14.0. The van der Waals surface area contributed by atoms with E-state index in [1.54, 1.807) is 31.2 Å². The number of furan rings is 1. The number of fused-ring (bicyclic) bond motifs is 4. The third-order valence-electron chi connectivity index (χ3n) is 8.71. The molecule has 44 heavy (non-hydrogen) atoms. The number of carbonyl (C=O) groups is 2. The number of benzene rings is 2. The molecule has 0 unspecified atom stereocenters. The Balaban J connectivity index is 1.26. The number of imidazole rings is 1. The van der Waals surface area contributed by atoms with Crippen molar-refractivity contribution in [3.63, 3.8) is 0 Å². The summed E-state index contributed by atoms with van der Waals surface area (Å²) in [7, 11) is 0. The largest absolute Gasteiger partial charge is 0.480 e. The molecule has 0 bridgehead atoms. The van der Waals surface area contributed by atoms with Gasteiger partial charge in [-0.05, 0) is 36.6 Å². The molecule has 13 heteroatoms. The highest BCUT2D eigenvalue weighted by molar-refractivity contribution is 6.06. The molecule has 2 aromatic carbocycles. The van der Waals surface area contributed by atoms with E-state index in [1.807, 2.05) is 33.7 Å². The lowest BCUT2D eigenvalue weighted by Gasteiger charge is -2.37. The van der Waals surface area contributed by atoms with Crippen LogP contribution in [0.3, 0.4) is 0 Å². The van der Waals surface area contributed by atoms with E-state index in [9.17, 15) is 23.5 Å². The van der Waals surface area contributed by atoms with Crippen molar-refractivity contribution in [3.8, 4) is 6.01 Å². The van der Waals surface area contributed by atoms with Crippen LogP contribution in [0.15, 0.2) is 52.9 Å². The number of aromatic nitrogens is 4. The summed E-state index contributed by atoms with van der Waals surface area (Å²) in [5.41, 5.74) is 2.38. The maximum atomic E-state index is 14.0. The highest BCUT2D eigenvalue weighted by Crippen LogP contribution is 2.40. The number of hydrogen-bond donors (Lipinski definition) is 1. The van der Waals surface area contributed by atoms with Crippen molar-refractivity contribution in [2.45, 2.75) is 51.3 Å². The van der Waals surface area contributed by atoms with Crippen molar-refractivity contribution in [2.75, 3.05) is 24.5 Å². The summed E-state index contributed by atoms with van der Waals surface area (Å²) in [5.74, 6) is -1.73. The zero-order chi connectivity index (χ0) is 30.7. The van der Waals surface area contributed by atoms with E-state index < -0.39 is 30.4 Å². The fraction of sp³-hybridized carbons (Fsp3) is 0.387. The standard InChI is InChI=1S/C31H30F2N6O5/c1-16-14-37(17(2)40)12-11-21(16)39-22-9-5-4-8-20(22)34-31(39)43-18-13-23(30(41)42)38(15-18)29-26-25(35-28(36-29)27(32)33)19-7-3-6-10-24(19)44-26/h3-10,16,18,21,23,27H,11-15H2,1-2H3,(H,41,42)/t16-,18+,21-,23+/m1/s1. The van der Waals surface area contributed by atoms with E-state index in [2.05, 4.69) is 16.9 Å². The van der Waals surface area contributed by atoms with Gasteiger partial charge in [0.05, 0.1) is 17.6 Å². The number of piperidine rings is 1. The topological polar surface area (TPSA) is 127 Å². The van der Waals surface area contributed by atoms with E-state index in [4.69, 9.17) is 14.1 Å². The SMILES string of the molecule is CC(=O)N1CC[C@@H](n2c(O[C@H]3C[C@@H](C(=O)O)N(c4nc(C(F)F)nc5c4oc4ccccc45)C3)nc3ccccc32)[C@H](C)C1. The molecule has 0 aliphatic carbocycles. The molecule has 0 spiro atoms. The zero-order valence-electron chi connectivity index (χ0n) is 24.1. The predicted octanol–water partition coefficient (Wildman–Crippen LogP) is 5.20. The highest BCUT2D eigenvalue weighted by atomic mass is 19.3. The second-order valence-corrected chi connectivity index (χ2v) is 11.5. The summed E-state index contributed by atoms with van der Waals surface area (Å²) in [4.78, 5) is 40.8. The van der Waals surface area contributed by atoms with E-state index in [1.165, 1.54) is 4.90 Å². The molecule has 2 aliphatic rings. The number of ether oxygens (including phenoxy) is 1. The second-order valence-electron chi connectivity index (χ2n) is 11.5. The fourth-order valence-corrected chi connectivity index (χ4v) is 6.61. The molecule has 2 fully saturated rings. The van der Waals surface area contributed by atoms with Crippen LogP contribution in [0.5, 0.6) is 6.01 Å². The third kappa shape index (κ3) is 4.66. The molecule has 7 rings (SSSR count). The monoisotopic (exact) mass is 604 g/mol. The Bertz CT molecular complexity index is 1910. The van der Waals surface area contributed by atoms with Crippen LogP contribution in [0, 0.1) is 5.92 Å². The summed E-state index contributed by atoms with van der Waals surface area (Å²) >= 11 is 0. The molecular weight excluding hydrogens is 574 g/mol. The zero-order valence-corrected chi connectivity index (χ0v) is 24.1. The summed E-state index contributed by atoms with van der Waals surface area (Å²) in [5, 5.41) is 10.8. The first-order chi connectivity index (χ1) is 21.2. The molecule has 3 aromatic heterocycles. The lowest BCUT2D eigenvalue weighted by molar-refractivity contribution is -0.138. The van der Waals surface area contributed by atoms with Crippen LogP contribution < -0.4 is 9.64 Å². The second kappa shape index (κ2) is 10.7. The number of rotatable bonds is 6. The molecule has 2 saturated heterocycles. The number of carbonyl (C=O) groups excluding carboxylic acids is 1. The molecule has 228 valence electrons. The van der Waals surface area contributed by atoms with Gasteiger partial charge in [0.25, 0.3) is 12.4 Å². The number of nitrogens with zero attached hydrogens (tertiary/aromatic N) is 6. The third-order valence-corrected chi connectivity index (χ3v) is 8.71. The van der Waals surface area contributed by atoms with Gasteiger partial charge in [-0.1, -0.05) is 31.2 Å². The van der Waals surface area contributed by atoms with Crippen LogP contribution in [-0.2, 0) is 9.59 Å². The van der Waals surface area contributed by atoms with Crippen molar-refractivity contribution in [1.82, 2.24) is 24.4 Å². The highest BCUT2D eigenvalue weighted by Gasteiger charge is 2.42. The Morgan fingerprint density at radius 1 is 1.07 bits per heavy atom. The van der Waals surface area contributed by atoms with Crippen molar-refractivity contribution in [3.05, 3.63) is 54.4 Å². The van der Waals surface area contributed by atoms with Gasteiger partial charge in [-0.2, -0.15) is 4.98 Å². The van der Waals surface area contributed by atoms with Crippen LogP contribution in [0.4, 0.5) is 14.6 Å². The minimum absolute atomic E-state index is 0.00795. The Morgan fingerprint density at radius 3 is 2.59 bits per heavy atom. The van der Waals surface area contributed by atoms with Crippen molar-refractivity contribution < 1.29 is 32.6 Å². The molecule has 4 atom stereocenters. The van der Waals surface area contributed by atoms with Crippen LogP contribution in [-0.4, -0.2) is 73.2 Å². The van der Waals surface area contributed by atoms with Crippen molar-refractivity contribution in [1.29, 1.82) is 0 Å². The van der Waals surface area contributed by atoms with Gasteiger partial charge in [0.15, 0.2) is 17.2 Å². The normalized spacial score (nSPS) is 22.5. The average Bonchev–Trinajstić information content (AvgIpc) is 3.70. The van der Waals surface area contributed by atoms with E-state index in [0.717, 1.165) is 11.0 Å². The lowest BCUT2D eigenvalue weighted by Crippen LogP contribution is -2.42. The van der Waals surface area contributed by atoms with Crippen LogP contribution >= 0.6 is 0 Å². The molecule has 5 heterocycles. The smallest absolute Gasteiger partial charge is 0.326 e. The van der Waals surface area contributed by atoms with Gasteiger partial charge in [0, 0.05) is 37.9 Å². The van der Waals surface area contributed by atoms with Gasteiger partial charge < -0.3 is 24.1 Å². The molecule has 0 saturated carbocycles. The Labute approximate surface area is 250 Å². The first-order valence-corrected chi connectivity index (χ1v) is 14.6. The quantitative estimate of drug-likeness (QED) is 0.278. The number of hydrogen-bond acceptors (Lipinski definition) is 8. The summed E-state index contributed by atoms with van der Waals surface area (Å²) in [6, 6.07) is 13.8. The number of carboxylic acids is 1. The lowest BCUT2D eigenvalue weighted by atomic mass is 9.93. The number of likely N-dealkylation sites (tertiary alicyclic amines) is 1. The minimum Gasteiger partial charge on any atom is -0.480 e. The van der Waals surface area contributed by atoms with Crippen LogP contribution in [0.25, 0.3) is 33.1 Å². The Hall–Kier alpha value is -4.81. The van der Waals surface area contributed by atoms with Gasteiger partial charge in [0.2, 0.25) is 5.91 Å². The van der Waals surface area contributed by atoms with E-state index >= 15 is 0 Å². The first kappa shape index (κ1) is 28.0. The first-order valence-electron chi connectivity index (χ1n) is 14.6. The average molecular weight is 605 g/mol. The Morgan fingerprint density at radius 2 is 1.84 bits per heavy atom. The molecule has 1 amide bonds. The fourth-order valence-electron chi connectivity index (χ4n) is 6.61. The number of alkyl halides is 2. The van der Waals surface area contributed by atoms with Gasteiger partial charge in [-0.3, -0.25) is 9.36 Å². The van der Waals surface area contributed by atoms with Gasteiger partial charge in [-0.25, -0.2) is 23.5 Å². The predicted molar refractivity (Wildman–Crippen MR) is 157 cm³/mol. The number of aliphatic carboxylic acids is 1.